The van der Waals surface area contributed by atoms with Crippen LogP contribution in [0.15, 0.2) is 47.4 Å². The lowest BCUT2D eigenvalue weighted by Gasteiger charge is -2.11. The second-order valence-corrected chi connectivity index (χ2v) is 9.22. The fourth-order valence-electron chi connectivity index (χ4n) is 3.13. The van der Waals surface area contributed by atoms with Gasteiger partial charge in [0.1, 0.15) is 17.6 Å². The van der Waals surface area contributed by atoms with E-state index < -0.39 is 10.0 Å². The molecule has 0 unspecified atom stereocenters. The number of carbonyl (C=O) groups excluding carboxylic acids is 1. The van der Waals surface area contributed by atoms with Crippen LogP contribution in [-0.4, -0.2) is 45.3 Å². The number of hydrogen-bond acceptors (Lipinski definition) is 5. The van der Waals surface area contributed by atoms with Crippen molar-refractivity contribution in [3.63, 3.8) is 0 Å². The van der Waals surface area contributed by atoms with Crippen molar-refractivity contribution in [1.82, 2.24) is 4.31 Å². The summed E-state index contributed by atoms with van der Waals surface area (Å²) in [4.78, 5) is 12.7. The Balaban J connectivity index is 1.83. The first-order valence-electron chi connectivity index (χ1n) is 9.43. The number of allylic oxidation sites excluding steroid dienone is 1. The van der Waals surface area contributed by atoms with Crippen LogP contribution in [0.1, 0.15) is 35.3 Å². The van der Waals surface area contributed by atoms with Crippen LogP contribution in [0.25, 0.3) is 6.08 Å². The summed E-state index contributed by atoms with van der Waals surface area (Å²) in [5, 5.41) is 0. The number of ether oxygens (including phenoxy) is 2. The van der Waals surface area contributed by atoms with Gasteiger partial charge < -0.3 is 9.47 Å². The summed E-state index contributed by atoms with van der Waals surface area (Å²) in [5.41, 5.74) is 2.27. The molecule has 0 fully saturated rings. The summed E-state index contributed by atoms with van der Waals surface area (Å²) >= 11 is 0. The standard InChI is InChI=1S/C22H25NO5S/c1-5-27-21-14-18-12-15(2)28-22(18)13-17(21)8-11-20(24)16-6-9-19(10-7-16)29(25,26)23(3)4/h6-11,13-15H,5,12H2,1-4H3/b11-8+/t15-/m0/s1. The second-order valence-electron chi connectivity index (χ2n) is 7.07. The first kappa shape index (κ1) is 21.1. The maximum Gasteiger partial charge on any atom is 0.242 e. The van der Waals surface area contributed by atoms with E-state index in [1.54, 1.807) is 6.08 Å². The Kier molecular flexibility index (Phi) is 6.10. The molecule has 0 saturated carbocycles. The van der Waals surface area contributed by atoms with Crippen molar-refractivity contribution in [2.75, 3.05) is 20.7 Å². The number of ketones is 1. The fourth-order valence-corrected chi connectivity index (χ4v) is 4.03. The molecule has 0 aromatic heterocycles. The molecule has 1 aliphatic heterocycles. The van der Waals surface area contributed by atoms with Crippen molar-refractivity contribution in [3.05, 3.63) is 59.2 Å². The number of nitrogens with zero attached hydrogens (tertiary/aromatic N) is 1. The van der Waals surface area contributed by atoms with Gasteiger partial charge in [-0.25, -0.2) is 12.7 Å². The SMILES string of the molecule is CCOc1cc2c(cc1/C=C/C(=O)c1ccc(S(=O)(=O)N(C)C)cc1)O[C@@H](C)C2. The van der Waals surface area contributed by atoms with Gasteiger partial charge in [0.05, 0.1) is 11.5 Å². The van der Waals surface area contributed by atoms with E-state index in [1.165, 1.54) is 44.4 Å². The summed E-state index contributed by atoms with van der Waals surface area (Å²) < 4.78 is 36.9. The highest BCUT2D eigenvalue weighted by atomic mass is 32.2. The summed E-state index contributed by atoms with van der Waals surface area (Å²) in [6.45, 7) is 4.44. The molecule has 2 aromatic rings. The lowest BCUT2D eigenvalue weighted by molar-refractivity contribution is 0.104. The molecule has 3 rings (SSSR count). The number of hydrogen-bond donors (Lipinski definition) is 0. The zero-order chi connectivity index (χ0) is 21.2. The average molecular weight is 416 g/mol. The molecular weight excluding hydrogens is 390 g/mol. The molecule has 2 aromatic carbocycles. The number of carbonyl (C=O) groups is 1. The molecule has 154 valence electrons. The van der Waals surface area contributed by atoms with Crippen LogP contribution in [0.4, 0.5) is 0 Å². The van der Waals surface area contributed by atoms with Gasteiger partial charge >= 0.3 is 0 Å². The Bertz CT molecular complexity index is 1040. The molecular formula is C22H25NO5S. The molecule has 0 bridgehead atoms. The molecule has 1 atom stereocenters. The van der Waals surface area contributed by atoms with E-state index in [9.17, 15) is 13.2 Å². The summed E-state index contributed by atoms with van der Waals surface area (Å²) in [5.74, 6) is 1.29. The average Bonchev–Trinajstić information content (AvgIpc) is 3.05. The minimum Gasteiger partial charge on any atom is -0.493 e. The maximum atomic E-state index is 12.5. The van der Waals surface area contributed by atoms with Crippen LogP contribution < -0.4 is 9.47 Å². The van der Waals surface area contributed by atoms with Gasteiger partial charge in [-0.1, -0.05) is 0 Å². The summed E-state index contributed by atoms with van der Waals surface area (Å²) in [6, 6.07) is 9.76. The molecule has 0 amide bonds. The van der Waals surface area contributed by atoms with Crippen LogP contribution in [0, 0.1) is 0 Å². The van der Waals surface area contributed by atoms with Crippen molar-refractivity contribution in [2.24, 2.45) is 0 Å². The minimum atomic E-state index is -3.52. The van der Waals surface area contributed by atoms with Gasteiger partial charge in [0.2, 0.25) is 10.0 Å². The van der Waals surface area contributed by atoms with E-state index in [-0.39, 0.29) is 16.8 Å². The van der Waals surface area contributed by atoms with E-state index in [4.69, 9.17) is 9.47 Å². The highest BCUT2D eigenvalue weighted by molar-refractivity contribution is 7.89. The van der Waals surface area contributed by atoms with Gasteiger partial charge in [-0.15, -0.1) is 0 Å². The molecule has 0 saturated heterocycles. The molecule has 6 nitrogen and oxygen atoms in total. The van der Waals surface area contributed by atoms with E-state index in [0.717, 1.165) is 27.6 Å². The normalized spacial score (nSPS) is 16.1. The second kappa shape index (κ2) is 8.39. The molecule has 0 N–H and O–H groups in total. The zero-order valence-electron chi connectivity index (χ0n) is 17.0. The lowest BCUT2D eigenvalue weighted by Crippen LogP contribution is -2.22. The Morgan fingerprint density at radius 2 is 1.93 bits per heavy atom. The van der Waals surface area contributed by atoms with Crippen LogP contribution in [0.2, 0.25) is 0 Å². The molecule has 0 aliphatic carbocycles. The van der Waals surface area contributed by atoms with E-state index in [1.807, 2.05) is 26.0 Å². The smallest absolute Gasteiger partial charge is 0.242 e. The van der Waals surface area contributed by atoms with E-state index >= 15 is 0 Å². The highest BCUT2D eigenvalue weighted by Gasteiger charge is 2.21. The van der Waals surface area contributed by atoms with E-state index in [2.05, 4.69) is 0 Å². The van der Waals surface area contributed by atoms with E-state index in [0.29, 0.717) is 17.9 Å². The van der Waals surface area contributed by atoms with Crippen molar-refractivity contribution >= 4 is 21.9 Å². The first-order valence-corrected chi connectivity index (χ1v) is 10.9. The number of benzene rings is 2. The van der Waals surface area contributed by atoms with Crippen LogP contribution in [-0.2, 0) is 16.4 Å². The topological polar surface area (TPSA) is 72.9 Å². The van der Waals surface area contributed by atoms with Crippen molar-refractivity contribution in [3.8, 4) is 11.5 Å². The molecule has 0 spiro atoms. The third-order valence-corrected chi connectivity index (χ3v) is 6.49. The fraction of sp³-hybridized carbons (Fsp3) is 0.318. The molecule has 7 heteroatoms. The zero-order valence-corrected chi connectivity index (χ0v) is 17.8. The predicted molar refractivity (Wildman–Crippen MR) is 112 cm³/mol. The maximum absolute atomic E-state index is 12.5. The van der Waals surface area contributed by atoms with Gasteiger partial charge in [0.15, 0.2) is 5.78 Å². The predicted octanol–water partition coefficient (Wildman–Crippen LogP) is 3.56. The van der Waals surface area contributed by atoms with Crippen LogP contribution >= 0.6 is 0 Å². The molecule has 29 heavy (non-hydrogen) atoms. The Morgan fingerprint density at radius 1 is 1.24 bits per heavy atom. The Morgan fingerprint density at radius 3 is 2.55 bits per heavy atom. The van der Waals surface area contributed by atoms with Gasteiger partial charge in [-0.2, -0.15) is 0 Å². The molecule has 1 heterocycles. The monoisotopic (exact) mass is 415 g/mol. The highest BCUT2D eigenvalue weighted by Crippen LogP contribution is 2.35. The molecule has 0 radical (unpaired) electrons. The summed E-state index contributed by atoms with van der Waals surface area (Å²) in [7, 11) is -0.591. The van der Waals surface area contributed by atoms with Gasteiger partial charge in [-0.05, 0) is 62.4 Å². The van der Waals surface area contributed by atoms with Gasteiger partial charge in [0, 0.05) is 37.2 Å². The van der Waals surface area contributed by atoms with Crippen molar-refractivity contribution in [1.29, 1.82) is 0 Å². The first-order chi connectivity index (χ1) is 13.7. The number of rotatable bonds is 7. The van der Waals surface area contributed by atoms with Crippen molar-refractivity contribution < 1.29 is 22.7 Å². The molecule has 1 aliphatic rings. The number of sulfonamides is 1. The van der Waals surface area contributed by atoms with Gasteiger partial charge in [-0.3, -0.25) is 4.79 Å². The quantitative estimate of drug-likeness (QED) is 0.511. The Labute approximate surface area is 171 Å². The van der Waals surface area contributed by atoms with Crippen LogP contribution in [0.3, 0.4) is 0 Å². The largest absolute Gasteiger partial charge is 0.493 e. The van der Waals surface area contributed by atoms with Crippen molar-refractivity contribution in [2.45, 2.75) is 31.3 Å². The Hall–Kier alpha value is -2.64. The third kappa shape index (κ3) is 4.52. The third-order valence-electron chi connectivity index (χ3n) is 4.66. The van der Waals surface area contributed by atoms with Gasteiger partial charge in [0.25, 0.3) is 0 Å². The lowest BCUT2D eigenvalue weighted by atomic mass is 10.0. The minimum absolute atomic E-state index is 0.122. The number of fused-ring (bicyclic) bond motifs is 1. The van der Waals surface area contributed by atoms with Crippen LogP contribution in [0.5, 0.6) is 11.5 Å². The summed E-state index contributed by atoms with van der Waals surface area (Å²) in [6.07, 6.45) is 4.11.